The molecule has 2 amide bonds. The zero-order valence-corrected chi connectivity index (χ0v) is 20.8. The van der Waals surface area contributed by atoms with Gasteiger partial charge in [-0.25, -0.2) is 0 Å². The Balaban J connectivity index is 1.09. The fraction of sp³-hybridized carbons (Fsp3) is 0.724. The molecular weight excluding hydrogens is 422 g/mol. The zero-order valence-electron chi connectivity index (χ0n) is 20.8. The van der Waals surface area contributed by atoms with Crippen molar-refractivity contribution in [2.24, 2.45) is 28.9 Å². The van der Waals surface area contributed by atoms with Gasteiger partial charge in [-0.15, -0.1) is 0 Å². The number of hydrogen-bond donors (Lipinski definition) is 1. The summed E-state index contributed by atoms with van der Waals surface area (Å²) >= 11 is 0. The molecule has 4 aliphatic carbocycles. The van der Waals surface area contributed by atoms with Crippen LogP contribution in [0.1, 0.15) is 93.0 Å². The molecule has 6 fully saturated rings. The van der Waals surface area contributed by atoms with Gasteiger partial charge in [0.15, 0.2) is 0 Å². The van der Waals surface area contributed by atoms with Crippen LogP contribution in [0.15, 0.2) is 24.3 Å². The monoisotopic (exact) mass is 463 g/mol. The molecule has 2 N–H and O–H groups in total. The summed E-state index contributed by atoms with van der Waals surface area (Å²) in [6, 6.07) is 9.14. The highest BCUT2D eigenvalue weighted by molar-refractivity contribution is 5.92. The first kappa shape index (κ1) is 22.6. The SMILES string of the molecule is CC(=O)N(CCN1[C@@H]2CC[C@H]1C[C@@H](c1cccc(C(N)=O)c1)C2)CC12CC3CC(CC(C3)C1)C2. The summed E-state index contributed by atoms with van der Waals surface area (Å²) in [4.78, 5) is 29.3. The summed E-state index contributed by atoms with van der Waals surface area (Å²) in [7, 11) is 0. The number of carbonyl (C=O) groups excluding carboxylic acids is 2. The van der Waals surface area contributed by atoms with Crippen molar-refractivity contribution in [2.45, 2.75) is 89.1 Å². The second-order valence-corrected chi connectivity index (χ2v) is 12.6. The Hall–Kier alpha value is -1.88. The van der Waals surface area contributed by atoms with Gasteiger partial charge in [0.25, 0.3) is 0 Å². The van der Waals surface area contributed by atoms with Crippen LogP contribution in [-0.4, -0.2) is 53.3 Å². The predicted octanol–water partition coefficient (Wildman–Crippen LogP) is 4.56. The number of piperidine rings is 1. The maximum Gasteiger partial charge on any atom is 0.248 e. The van der Waals surface area contributed by atoms with Gasteiger partial charge >= 0.3 is 0 Å². The maximum atomic E-state index is 12.7. The second-order valence-electron chi connectivity index (χ2n) is 12.6. The van der Waals surface area contributed by atoms with Crippen LogP contribution in [0.25, 0.3) is 0 Å². The lowest BCUT2D eigenvalue weighted by atomic mass is 9.49. The fourth-order valence-corrected chi connectivity index (χ4v) is 9.33. The van der Waals surface area contributed by atoms with Crippen LogP contribution >= 0.6 is 0 Å². The molecule has 4 saturated carbocycles. The summed E-state index contributed by atoms with van der Waals surface area (Å²) in [6.07, 6.45) is 13.3. The average molecular weight is 464 g/mol. The van der Waals surface area contributed by atoms with Crippen LogP contribution in [0.4, 0.5) is 0 Å². The van der Waals surface area contributed by atoms with E-state index in [0.717, 1.165) is 50.2 Å². The summed E-state index contributed by atoms with van der Waals surface area (Å²) in [5, 5.41) is 0. The van der Waals surface area contributed by atoms with Gasteiger partial charge in [0.1, 0.15) is 0 Å². The lowest BCUT2D eigenvalue weighted by molar-refractivity contribution is -0.135. The molecule has 2 heterocycles. The normalized spacial score (nSPS) is 38.3. The van der Waals surface area contributed by atoms with E-state index < -0.39 is 0 Å². The first-order valence-corrected chi connectivity index (χ1v) is 13.8. The Bertz CT molecular complexity index is 909. The third-order valence-corrected chi connectivity index (χ3v) is 10.3. The van der Waals surface area contributed by atoms with Crippen molar-refractivity contribution >= 4 is 11.8 Å². The highest BCUT2D eigenvalue weighted by Gasteiger charge is 2.51. The number of amides is 2. The van der Waals surface area contributed by atoms with E-state index in [9.17, 15) is 9.59 Å². The van der Waals surface area contributed by atoms with Gasteiger partial charge in [0, 0.05) is 44.2 Å². The van der Waals surface area contributed by atoms with Crippen LogP contribution in [0, 0.1) is 23.2 Å². The van der Waals surface area contributed by atoms with Crippen LogP contribution < -0.4 is 5.73 Å². The van der Waals surface area contributed by atoms with Gasteiger partial charge in [-0.3, -0.25) is 14.5 Å². The van der Waals surface area contributed by atoms with Gasteiger partial charge in [0.2, 0.25) is 11.8 Å². The minimum absolute atomic E-state index is 0.265. The average Bonchev–Trinajstić information content (AvgIpc) is 3.02. The molecular formula is C29H41N3O2. The molecule has 5 heteroatoms. The van der Waals surface area contributed by atoms with Crippen molar-refractivity contribution < 1.29 is 9.59 Å². The Kier molecular flexibility index (Phi) is 5.75. The second kappa shape index (κ2) is 8.65. The van der Waals surface area contributed by atoms with Gasteiger partial charge < -0.3 is 10.6 Å². The van der Waals surface area contributed by atoms with Gasteiger partial charge in [-0.1, -0.05) is 12.1 Å². The fourth-order valence-electron chi connectivity index (χ4n) is 9.33. The van der Waals surface area contributed by atoms with E-state index in [1.54, 1.807) is 6.92 Å². The Morgan fingerprint density at radius 2 is 1.62 bits per heavy atom. The number of nitrogens with zero attached hydrogens (tertiary/aromatic N) is 2. The first-order valence-electron chi connectivity index (χ1n) is 13.8. The van der Waals surface area contributed by atoms with Crippen molar-refractivity contribution in [1.82, 2.24) is 9.80 Å². The van der Waals surface area contributed by atoms with Crippen molar-refractivity contribution in [3.05, 3.63) is 35.4 Å². The number of carbonyl (C=O) groups is 2. The molecule has 0 aromatic heterocycles. The van der Waals surface area contributed by atoms with E-state index in [1.165, 1.54) is 56.9 Å². The summed E-state index contributed by atoms with van der Waals surface area (Å²) in [5.74, 6) is 3.23. The van der Waals surface area contributed by atoms with E-state index >= 15 is 0 Å². The zero-order chi connectivity index (χ0) is 23.4. The Morgan fingerprint density at radius 3 is 2.18 bits per heavy atom. The van der Waals surface area contributed by atoms with Crippen molar-refractivity contribution in [1.29, 1.82) is 0 Å². The minimum Gasteiger partial charge on any atom is -0.366 e. The molecule has 1 aromatic carbocycles. The molecule has 1 aromatic rings. The number of primary amides is 1. The van der Waals surface area contributed by atoms with E-state index in [4.69, 9.17) is 5.73 Å². The third-order valence-electron chi connectivity index (χ3n) is 10.3. The molecule has 6 bridgehead atoms. The Labute approximate surface area is 204 Å². The number of rotatable bonds is 7. The van der Waals surface area contributed by atoms with Gasteiger partial charge in [-0.05, 0) is 111 Å². The molecule has 0 radical (unpaired) electrons. The topological polar surface area (TPSA) is 66.6 Å². The highest BCUT2D eigenvalue weighted by Crippen LogP contribution is 2.60. The van der Waals surface area contributed by atoms with Crippen LogP contribution in [0.2, 0.25) is 0 Å². The van der Waals surface area contributed by atoms with E-state index in [0.29, 0.717) is 29.0 Å². The number of fused-ring (bicyclic) bond motifs is 2. The lowest BCUT2D eigenvalue weighted by Crippen LogP contribution is -2.53. The van der Waals surface area contributed by atoms with E-state index in [2.05, 4.69) is 15.9 Å². The molecule has 5 nitrogen and oxygen atoms in total. The van der Waals surface area contributed by atoms with E-state index in [1.807, 2.05) is 18.2 Å². The van der Waals surface area contributed by atoms with Crippen molar-refractivity contribution in [3.63, 3.8) is 0 Å². The largest absolute Gasteiger partial charge is 0.366 e. The standard InChI is InChI=1S/C29H41N3O2/c1-19(33)31(18-29-15-20-9-21(16-29)11-22(10-20)17-29)7-8-32-26-5-6-27(32)14-25(13-26)23-3-2-4-24(12-23)28(30)34/h2-4,12,20-22,25-27H,5-11,13-18H2,1H3,(H2,30,34)/t20?,21?,22?,25-,26+,27-,29?. The van der Waals surface area contributed by atoms with Gasteiger partial charge in [-0.2, -0.15) is 0 Å². The van der Waals surface area contributed by atoms with E-state index in [-0.39, 0.29) is 11.8 Å². The first-order chi connectivity index (χ1) is 16.4. The van der Waals surface area contributed by atoms with Gasteiger partial charge in [0.05, 0.1) is 0 Å². The van der Waals surface area contributed by atoms with Crippen LogP contribution in [0.5, 0.6) is 0 Å². The highest BCUT2D eigenvalue weighted by atomic mass is 16.2. The van der Waals surface area contributed by atoms with Crippen molar-refractivity contribution in [2.75, 3.05) is 19.6 Å². The molecule has 3 atom stereocenters. The van der Waals surface area contributed by atoms with Crippen LogP contribution in [-0.2, 0) is 4.79 Å². The smallest absolute Gasteiger partial charge is 0.248 e. The predicted molar refractivity (Wildman–Crippen MR) is 133 cm³/mol. The van der Waals surface area contributed by atoms with Crippen molar-refractivity contribution in [3.8, 4) is 0 Å². The molecule has 0 unspecified atom stereocenters. The third kappa shape index (κ3) is 4.19. The molecule has 2 aliphatic heterocycles. The Morgan fingerprint density at radius 1 is 1.00 bits per heavy atom. The van der Waals surface area contributed by atoms with Crippen LogP contribution in [0.3, 0.4) is 0 Å². The quantitative estimate of drug-likeness (QED) is 0.645. The lowest BCUT2D eigenvalue weighted by Gasteiger charge is -2.58. The maximum absolute atomic E-state index is 12.7. The molecule has 34 heavy (non-hydrogen) atoms. The summed E-state index contributed by atoms with van der Waals surface area (Å²) < 4.78 is 0. The number of hydrogen-bond acceptors (Lipinski definition) is 3. The molecule has 6 aliphatic rings. The molecule has 0 spiro atoms. The summed E-state index contributed by atoms with van der Waals surface area (Å²) in [5.41, 5.74) is 7.82. The number of nitrogens with two attached hydrogens (primary N) is 1. The molecule has 2 saturated heterocycles. The molecule has 7 rings (SSSR count). The summed E-state index contributed by atoms with van der Waals surface area (Å²) in [6.45, 7) is 4.67. The molecule has 184 valence electrons. The minimum atomic E-state index is -0.342. The number of benzene rings is 1.